The van der Waals surface area contributed by atoms with Crippen LogP contribution < -0.4 is 4.74 Å². The van der Waals surface area contributed by atoms with Gasteiger partial charge in [0.15, 0.2) is 18.0 Å². The Hall–Kier alpha value is -3.86. The van der Waals surface area contributed by atoms with Gasteiger partial charge in [0.25, 0.3) is 0 Å². The predicted molar refractivity (Wildman–Crippen MR) is 155 cm³/mol. The minimum atomic E-state index is -2.94. The number of carbonyl (C=O) groups is 4. The maximum atomic E-state index is 12.9. The van der Waals surface area contributed by atoms with Crippen LogP contribution in [0.2, 0.25) is 0 Å². The number of aliphatic hydroxyl groups excluding tert-OH is 4. The van der Waals surface area contributed by atoms with Gasteiger partial charge in [-0.2, -0.15) is 0 Å². The molecule has 15 nitrogen and oxygen atoms in total. The number of benzene rings is 1. The monoisotopic (exact) mass is 662 g/mol. The molecule has 1 saturated carbocycles. The second-order valence-corrected chi connectivity index (χ2v) is 12.0. The Morgan fingerprint density at radius 3 is 2.26 bits per heavy atom. The molecule has 0 radical (unpaired) electrons. The second-order valence-electron chi connectivity index (χ2n) is 12.0. The first-order valence-corrected chi connectivity index (χ1v) is 15.4. The topological polar surface area (TPSA) is 236 Å². The molecule has 4 aliphatic rings. The summed E-state index contributed by atoms with van der Waals surface area (Å²) in [5.41, 5.74) is -2.98. The average Bonchev–Trinajstić information content (AvgIpc) is 3.80. The molecular weight excluding hydrogens is 624 g/mol. The first kappa shape index (κ1) is 34.5. The zero-order valence-corrected chi connectivity index (χ0v) is 25.3. The van der Waals surface area contributed by atoms with Gasteiger partial charge in [-0.05, 0) is 50.3 Å². The van der Waals surface area contributed by atoms with E-state index in [1.54, 1.807) is 18.2 Å². The zero-order valence-electron chi connectivity index (χ0n) is 25.3. The molecule has 5 rings (SSSR count). The number of aromatic hydroxyl groups is 1. The first-order valence-electron chi connectivity index (χ1n) is 15.4. The van der Waals surface area contributed by atoms with Gasteiger partial charge >= 0.3 is 17.9 Å². The van der Waals surface area contributed by atoms with Gasteiger partial charge in [-0.15, -0.1) is 0 Å². The third-order valence-corrected chi connectivity index (χ3v) is 8.78. The highest BCUT2D eigenvalue weighted by molar-refractivity contribution is 5.94. The average molecular weight is 663 g/mol. The van der Waals surface area contributed by atoms with Gasteiger partial charge < -0.3 is 54.3 Å². The summed E-state index contributed by atoms with van der Waals surface area (Å²) in [4.78, 5) is 50.2. The van der Waals surface area contributed by atoms with Gasteiger partial charge in [-0.3, -0.25) is 14.4 Å². The number of esters is 3. The van der Waals surface area contributed by atoms with Crippen LogP contribution in [-0.4, -0.2) is 109 Å². The molecule has 15 heteroatoms. The molecule has 10 atom stereocenters. The number of phenols is 1. The van der Waals surface area contributed by atoms with Crippen molar-refractivity contribution in [3.8, 4) is 11.5 Å². The number of allylic oxidation sites excluding steroid dienone is 2. The summed E-state index contributed by atoms with van der Waals surface area (Å²) in [5, 5.41) is 63.2. The van der Waals surface area contributed by atoms with Crippen LogP contribution in [0.15, 0.2) is 42.5 Å². The maximum Gasteiger partial charge on any atom is 0.344 e. The Labute approximate surface area is 268 Å². The Bertz CT molecular complexity index is 1400. The molecule has 10 unspecified atom stereocenters. The number of rotatable bonds is 10. The molecule has 1 aliphatic heterocycles. The lowest BCUT2D eigenvalue weighted by Crippen LogP contribution is -2.64. The Balaban J connectivity index is 1.35. The van der Waals surface area contributed by atoms with Crippen molar-refractivity contribution in [3.63, 3.8) is 0 Å². The van der Waals surface area contributed by atoms with Crippen LogP contribution in [0.5, 0.6) is 11.5 Å². The van der Waals surface area contributed by atoms with E-state index in [2.05, 4.69) is 0 Å². The van der Waals surface area contributed by atoms with E-state index in [4.69, 9.17) is 23.7 Å². The number of hydrogen-bond donors (Lipinski definition) is 6. The van der Waals surface area contributed by atoms with Crippen LogP contribution in [-0.2, 0) is 44.7 Å². The van der Waals surface area contributed by atoms with Crippen molar-refractivity contribution < 1.29 is 73.5 Å². The molecule has 0 aromatic heterocycles. The molecule has 1 aromatic carbocycles. The number of phenolic OH excluding ortho intramolecular Hbond substituents is 1. The highest BCUT2D eigenvalue weighted by Crippen LogP contribution is 2.34. The number of hydrogen-bond acceptors (Lipinski definition) is 15. The van der Waals surface area contributed by atoms with Gasteiger partial charge in [0, 0.05) is 12.0 Å². The molecule has 6 N–H and O–H groups in total. The Morgan fingerprint density at radius 2 is 1.60 bits per heavy atom. The number of Topliss-reactive ketones (excluding diaryl/α,β-unsaturated/α-hetero) is 1. The van der Waals surface area contributed by atoms with Gasteiger partial charge in [-0.1, -0.05) is 24.3 Å². The quantitative estimate of drug-likeness (QED) is 0.105. The van der Waals surface area contributed by atoms with Gasteiger partial charge in [0.2, 0.25) is 11.9 Å². The van der Waals surface area contributed by atoms with Crippen LogP contribution in [0, 0.1) is 11.8 Å². The third-order valence-electron chi connectivity index (χ3n) is 8.78. The van der Waals surface area contributed by atoms with E-state index >= 15 is 0 Å². The summed E-state index contributed by atoms with van der Waals surface area (Å²) in [7, 11) is 0. The molecule has 0 bridgehead atoms. The zero-order chi connectivity index (χ0) is 33.9. The fourth-order valence-corrected chi connectivity index (χ4v) is 5.90. The van der Waals surface area contributed by atoms with Gasteiger partial charge in [0.1, 0.15) is 43.0 Å². The van der Waals surface area contributed by atoms with Crippen molar-refractivity contribution in [1.29, 1.82) is 0 Å². The van der Waals surface area contributed by atoms with Gasteiger partial charge in [-0.25, -0.2) is 4.79 Å². The van der Waals surface area contributed by atoms with E-state index in [9.17, 15) is 49.8 Å². The first-order chi connectivity index (χ1) is 22.4. The fourth-order valence-electron chi connectivity index (χ4n) is 5.90. The van der Waals surface area contributed by atoms with Gasteiger partial charge in [0.05, 0.1) is 17.9 Å². The fraction of sp³-hybridized carbons (Fsp3) is 0.562. The summed E-state index contributed by atoms with van der Waals surface area (Å²) in [6, 6.07) is 3.56. The summed E-state index contributed by atoms with van der Waals surface area (Å²) >= 11 is 0. The molecule has 2 fully saturated rings. The van der Waals surface area contributed by atoms with Crippen LogP contribution in [0.3, 0.4) is 0 Å². The third kappa shape index (κ3) is 7.35. The van der Waals surface area contributed by atoms with Crippen molar-refractivity contribution in [2.75, 3.05) is 6.61 Å². The normalized spacial score (nSPS) is 35.0. The number of ether oxygens (including phenoxy) is 5. The molecule has 0 spiro atoms. The SMILES string of the molecule is O=C(OCC1OC(Oc2ccc(O)cc2COC(=O)C2(O)C(O)CCC(=O)C2O)C(OC(=O)C2C=CCC2)C(O)C1O)C1C=CCC1. The summed E-state index contributed by atoms with van der Waals surface area (Å²) in [5.74, 6) is -5.15. The molecule has 47 heavy (non-hydrogen) atoms. The molecule has 3 aliphatic carbocycles. The Kier molecular flexibility index (Phi) is 10.6. The van der Waals surface area contributed by atoms with E-state index in [1.807, 2.05) is 6.08 Å². The summed E-state index contributed by atoms with van der Waals surface area (Å²) < 4.78 is 27.9. The number of ketones is 1. The number of carbonyl (C=O) groups excluding carboxylic acids is 4. The lowest BCUT2D eigenvalue weighted by Gasteiger charge is -2.42. The van der Waals surface area contributed by atoms with E-state index in [0.29, 0.717) is 25.7 Å². The van der Waals surface area contributed by atoms with Crippen molar-refractivity contribution in [3.05, 3.63) is 48.1 Å². The smallest absolute Gasteiger partial charge is 0.344 e. The molecule has 1 aromatic rings. The second kappa shape index (κ2) is 14.5. The van der Waals surface area contributed by atoms with E-state index in [-0.39, 0.29) is 29.9 Å². The Morgan fingerprint density at radius 1 is 0.915 bits per heavy atom. The van der Waals surface area contributed by atoms with Crippen LogP contribution in [0.1, 0.15) is 44.1 Å². The van der Waals surface area contributed by atoms with Crippen molar-refractivity contribution in [2.45, 2.75) is 93.6 Å². The lowest BCUT2D eigenvalue weighted by molar-refractivity contribution is -0.284. The van der Waals surface area contributed by atoms with Crippen molar-refractivity contribution in [1.82, 2.24) is 0 Å². The molecule has 1 heterocycles. The molecule has 256 valence electrons. The van der Waals surface area contributed by atoms with Crippen LogP contribution >= 0.6 is 0 Å². The van der Waals surface area contributed by atoms with E-state index in [1.165, 1.54) is 12.1 Å². The van der Waals surface area contributed by atoms with Crippen molar-refractivity contribution >= 4 is 23.7 Å². The number of aliphatic hydroxyl groups is 5. The lowest BCUT2D eigenvalue weighted by atomic mass is 9.79. The van der Waals surface area contributed by atoms with Crippen LogP contribution in [0.4, 0.5) is 0 Å². The minimum Gasteiger partial charge on any atom is -0.508 e. The van der Waals surface area contributed by atoms with Crippen LogP contribution in [0.25, 0.3) is 0 Å². The molecule has 1 saturated heterocycles. The highest BCUT2D eigenvalue weighted by Gasteiger charge is 2.56. The van der Waals surface area contributed by atoms with E-state index in [0.717, 1.165) is 6.07 Å². The summed E-state index contributed by atoms with van der Waals surface area (Å²) in [6.07, 6.45) is -3.18. The molecular formula is C32H38O15. The molecule has 0 amide bonds. The standard InChI is InChI=1S/C32H38O15/c33-19-9-11-21(18(13-19)14-44-31(41)32(42)23(35)12-10-20(34)27(32)38)45-30-26(47-29(40)17-7-3-4-8-17)25(37)24(36)22(46-30)15-43-28(39)16-5-1-2-6-16/h1,3,5,7,9,11,13,16-17,22-27,30,33,35-38,42H,2,4,6,8,10,12,14-15H2. The summed E-state index contributed by atoms with van der Waals surface area (Å²) in [6.45, 7) is -1.20. The largest absolute Gasteiger partial charge is 0.508 e. The minimum absolute atomic E-state index is 0.0444. The highest BCUT2D eigenvalue weighted by atomic mass is 16.7. The maximum absolute atomic E-state index is 12.9. The predicted octanol–water partition coefficient (Wildman–Crippen LogP) is -0.536. The van der Waals surface area contributed by atoms with E-state index < -0.39 is 97.3 Å². The van der Waals surface area contributed by atoms with Crippen molar-refractivity contribution in [2.24, 2.45) is 11.8 Å².